The van der Waals surface area contributed by atoms with Crippen molar-refractivity contribution < 1.29 is 4.74 Å². The second kappa shape index (κ2) is 30.7. The van der Waals surface area contributed by atoms with Gasteiger partial charge < -0.3 is 14.5 Å². The first-order valence-electron chi connectivity index (χ1n) is 47.2. The number of hydrogen-bond donors (Lipinski definition) is 0. The highest BCUT2D eigenvalue weighted by molar-refractivity contribution is 5.91. The van der Waals surface area contributed by atoms with Crippen molar-refractivity contribution in [2.45, 2.75) is 227 Å². The molecule has 4 spiro atoms. The van der Waals surface area contributed by atoms with E-state index in [2.05, 4.69) is 519 Å². The number of hydrogen-bond acceptors (Lipinski definition) is 3. The number of fused-ring (bicyclic) bond motifs is 17. The van der Waals surface area contributed by atoms with Crippen molar-refractivity contribution in [2.24, 2.45) is 48.7 Å². The van der Waals surface area contributed by atoms with E-state index >= 15 is 0 Å². The van der Waals surface area contributed by atoms with Gasteiger partial charge in [0.1, 0.15) is 11.5 Å². The van der Waals surface area contributed by atoms with Gasteiger partial charge in [-0.3, -0.25) is 0 Å². The molecule has 128 heavy (non-hydrogen) atoms. The highest BCUT2D eigenvalue weighted by Gasteiger charge is 2.70. The van der Waals surface area contributed by atoms with E-state index in [-0.39, 0.29) is 75.8 Å². The molecular formula is C125H138N2O. The first-order chi connectivity index (χ1) is 60.5. The molecule has 0 aromatic heterocycles. The molecule has 0 N–H and O–H groups in total. The number of para-hydroxylation sites is 8. The van der Waals surface area contributed by atoms with Crippen LogP contribution in [0.15, 0.2) is 371 Å². The standard InChI is InChI=1S/C29H31N.C27H27N.C23H26O.C23H26.C23H28/c1-20-21(2)28(5,6)29(27(20,3)4)23-16-10-12-18-25(23)30(22-14-8-7-9-15-22)26-19-13-11-17-24(26)29;1-19-20(2)27(18-26(19,3)4)22-14-8-10-16-24(22)28(21-12-6-5-7-13-21)25-17-11-9-15-23(25)27;1-15-16(2)22(5,6)23(21(15,3)4)17-11-7-9-13-19(17)24-20-14-10-8-12-18(20)23;1-15-16(2)22(5,6)23(21(15,3)4)19-13-9-7-11-17(19)18-12-8-10-14-20(18)23;1-17-18(2)22(5,6)23(21(17,3)4,19-13-9-7-10-14-19)20-15-11-8-12-16-20/h7-19H,1-6H3;5-17H,18H2,1-4H3;7-14H,1-6H3;7-14H,1-6H3;7-16H,1-6H3. The lowest BCUT2D eigenvalue weighted by Crippen LogP contribution is -2.52. The van der Waals surface area contributed by atoms with Gasteiger partial charge in [0.2, 0.25) is 0 Å². The number of benzene rings is 12. The van der Waals surface area contributed by atoms with Gasteiger partial charge in [-0.05, 0) is 197 Å². The van der Waals surface area contributed by atoms with Crippen LogP contribution in [0.25, 0.3) is 11.1 Å². The Hall–Kier alpha value is -11.3. The fourth-order valence-electron chi connectivity index (χ4n) is 29.0. The second-order valence-corrected chi connectivity index (χ2v) is 43.5. The summed E-state index contributed by atoms with van der Waals surface area (Å²) in [5, 5.41) is 0. The monoisotopic (exact) mass is 1680 g/mol. The molecule has 0 radical (unpaired) electrons. The summed E-state index contributed by atoms with van der Waals surface area (Å²) in [4.78, 5) is 4.88. The number of nitrogens with zero attached hydrogens (tertiary/aromatic N) is 2. The van der Waals surface area contributed by atoms with Crippen molar-refractivity contribution in [3.63, 3.8) is 0 Å². The van der Waals surface area contributed by atoms with Crippen LogP contribution in [-0.4, -0.2) is 0 Å². The quantitative estimate of drug-likeness (QED) is 0.163. The average Bonchev–Trinajstić information content (AvgIpc) is 1.49. The number of rotatable bonds is 4. The van der Waals surface area contributed by atoms with E-state index in [1.807, 2.05) is 0 Å². The van der Waals surface area contributed by atoms with Crippen LogP contribution in [0.3, 0.4) is 0 Å². The predicted molar refractivity (Wildman–Crippen MR) is 544 cm³/mol. The van der Waals surface area contributed by atoms with Crippen LogP contribution in [0.1, 0.15) is 256 Å². The molecule has 3 heterocycles. The number of allylic oxidation sites excluding steroid dienone is 10. The second-order valence-electron chi connectivity index (χ2n) is 43.5. The molecule has 0 bridgehead atoms. The molecule has 0 fully saturated rings. The zero-order valence-corrected chi connectivity index (χ0v) is 82.0. The molecule has 0 amide bonds. The third-order valence-corrected chi connectivity index (χ3v) is 36.7. The van der Waals surface area contributed by atoms with Crippen LogP contribution >= 0.6 is 0 Å². The molecule has 12 aromatic carbocycles. The number of ether oxygens (including phenoxy) is 1. The minimum absolute atomic E-state index is 0.00440. The van der Waals surface area contributed by atoms with Crippen LogP contribution in [0.4, 0.5) is 34.1 Å². The Morgan fingerprint density at radius 3 is 0.711 bits per heavy atom. The molecule has 12 aromatic rings. The lowest BCUT2D eigenvalue weighted by atomic mass is 9.48. The molecule has 3 aliphatic heterocycles. The Morgan fingerprint density at radius 2 is 0.414 bits per heavy atom. The highest BCUT2D eigenvalue weighted by Crippen LogP contribution is 2.77. The molecule has 9 aliphatic rings. The van der Waals surface area contributed by atoms with E-state index in [0.717, 1.165) is 17.9 Å². The molecule has 6 aliphatic carbocycles. The van der Waals surface area contributed by atoms with E-state index in [1.165, 1.54) is 145 Å². The Labute approximate surface area is 769 Å². The maximum absolute atomic E-state index is 6.30. The SMILES string of the molecule is CC1=C(C)C(C)(C)C(c2ccccc2)(c2ccccc2)C1(C)C.CC1=C(C)C(C)(C)C2(c3ccccc3-c3ccccc32)C1(C)C.CC1=C(C)C(C)(C)C2(c3ccccc3N(c3ccccc3)c3ccccc32)C1(C)C.CC1=C(C)C(C)(C)C2(c3ccccc3Oc3ccccc32)C1(C)C.CC1=C(C)C2(CC1(C)C)c1ccccc1N(c1ccccc1)c1ccccc12. The summed E-state index contributed by atoms with van der Waals surface area (Å²) in [6.45, 7) is 67.0. The van der Waals surface area contributed by atoms with Gasteiger partial charge >= 0.3 is 0 Å². The minimum Gasteiger partial charge on any atom is -0.457 e. The Balaban J connectivity index is 0.000000113. The third kappa shape index (κ3) is 11.5. The van der Waals surface area contributed by atoms with Gasteiger partial charge in [0, 0.05) is 92.9 Å². The average molecular weight is 1680 g/mol. The zero-order chi connectivity index (χ0) is 91.7. The molecule has 0 saturated carbocycles. The van der Waals surface area contributed by atoms with Crippen molar-refractivity contribution >= 4 is 34.1 Å². The van der Waals surface area contributed by atoms with Crippen LogP contribution < -0.4 is 14.5 Å². The summed E-state index contributed by atoms with van der Waals surface area (Å²) in [7, 11) is 0. The smallest absolute Gasteiger partial charge is 0.131 e. The Kier molecular flexibility index (Phi) is 21.3. The zero-order valence-electron chi connectivity index (χ0n) is 82.0. The normalized spacial score (nSPS) is 20.9. The molecule has 0 saturated heterocycles. The van der Waals surface area contributed by atoms with E-state index in [9.17, 15) is 0 Å². The first-order valence-corrected chi connectivity index (χ1v) is 47.2. The summed E-state index contributed by atoms with van der Waals surface area (Å²) in [5.41, 5.74) is 40.1. The van der Waals surface area contributed by atoms with Gasteiger partial charge in [-0.1, -0.05) is 435 Å². The lowest BCUT2D eigenvalue weighted by Gasteiger charge is -2.57. The predicted octanol–water partition coefficient (Wildman–Crippen LogP) is 34.9. The van der Waals surface area contributed by atoms with Crippen molar-refractivity contribution in [1.29, 1.82) is 0 Å². The summed E-state index contributed by atoms with van der Waals surface area (Å²) < 4.78 is 6.30. The molecule has 0 atom stereocenters. The van der Waals surface area contributed by atoms with Gasteiger partial charge in [-0.25, -0.2) is 0 Å². The topological polar surface area (TPSA) is 15.7 Å². The van der Waals surface area contributed by atoms with E-state index in [1.54, 1.807) is 11.1 Å². The summed E-state index contributed by atoms with van der Waals surface area (Å²) >= 11 is 0. The largest absolute Gasteiger partial charge is 0.457 e. The van der Waals surface area contributed by atoms with Gasteiger partial charge in [-0.15, -0.1) is 0 Å². The molecular weight excluding hydrogens is 1550 g/mol. The first kappa shape index (κ1) is 88.8. The van der Waals surface area contributed by atoms with Crippen LogP contribution in [0.5, 0.6) is 11.5 Å². The highest BCUT2D eigenvalue weighted by atomic mass is 16.5. The van der Waals surface area contributed by atoms with Crippen molar-refractivity contribution in [3.05, 3.63) is 427 Å². The molecule has 3 heteroatoms. The maximum Gasteiger partial charge on any atom is 0.131 e. The van der Waals surface area contributed by atoms with Crippen molar-refractivity contribution in [2.75, 3.05) is 9.80 Å². The van der Waals surface area contributed by atoms with Crippen LogP contribution in [-0.2, 0) is 27.1 Å². The fraction of sp³-hybridized carbons (Fsp3) is 0.344. The molecule has 0 unspecified atom stereocenters. The van der Waals surface area contributed by atoms with Crippen LogP contribution in [0, 0.1) is 48.7 Å². The fourth-order valence-corrected chi connectivity index (χ4v) is 29.0. The van der Waals surface area contributed by atoms with Gasteiger partial charge in [0.25, 0.3) is 0 Å². The van der Waals surface area contributed by atoms with E-state index in [4.69, 9.17) is 4.74 Å². The van der Waals surface area contributed by atoms with Gasteiger partial charge in [0.15, 0.2) is 0 Å². The molecule has 21 rings (SSSR count). The van der Waals surface area contributed by atoms with Crippen LogP contribution in [0.2, 0.25) is 0 Å². The molecule has 3 nitrogen and oxygen atoms in total. The Morgan fingerprint density at radius 1 is 0.195 bits per heavy atom. The lowest BCUT2D eigenvalue weighted by molar-refractivity contribution is 0.140. The van der Waals surface area contributed by atoms with E-state index in [0.29, 0.717) is 0 Å². The summed E-state index contributed by atoms with van der Waals surface area (Å²) in [6.07, 6.45) is 1.12. The number of anilines is 6. The minimum atomic E-state index is -0.132. The summed E-state index contributed by atoms with van der Waals surface area (Å²) in [6, 6.07) is 115. The maximum atomic E-state index is 6.30. The third-order valence-electron chi connectivity index (χ3n) is 36.7. The summed E-state index contributed by atoms with van der Waals surface area (Å²) in [5.74, 6) is 2.00. The molecule has 654 valence electrons. The van der Waals surface area contributed by atoms with Crippen molar-refractivity contribution in [1.82, 2.24) is 0 Å². The van der Waals surface area contributed by atoms with E-state index < -0.39 is 0 Å². The Bertz CT molecular complexity index is 6150. The van der Waals surface area contributed by atoms with Gasteiger partial charge in [0.05, 0.1) is 22.7 Å². The van der Waals surface area contributed by atoms with Gasteiger partial charge in [-0.2, -0.15) is 0 Å². The van der Waals surface area contributed by atoms with Crippen molar-refractivity contribution in [3.8, 4) is 22.6 Å².